The van der Waals surface area contributed by atoms with Crippen LogP contribution in [0.15, 0.2) is 236 Å². The first-order chi connectivity index (χ1) is 31.1. The molecule has 2 aliphatic rings. The number of fused-ring (bicyclic) bond motifs is 5. The van der Waals surface area contributed by atoms with Gasteiger partial charge in [0.1, 0.15) is 0 Å². The summed E-state index contributed by atoms with van der Waals surface area (Å²) in [6.07, 6.45) is 17.0. The molecular weight excluding hydrogens is 763 g/mol. The van der Waals surface area contributed by atoms with Gasteiger partial charge >= 0.3 is 0 Å². The van der Waals surface area contributed by atoms with Gasteiger partial charge in [0, 0.05) is 28.3 Å². The fraction of sp³-hybridized carbons (Fsp3) is 0.0500. The zero-order chi connectivity index (χ0) is 42.3. The molecule has 2 aliphatic carbocycles. The molecule has 0 aliphatic heterocycles. The number of aromatic nitrogens is 2. The van der Waals surface area contributed by atoms with Crippen molar-refractivity contribution in [3.05, 3.63) is 264 Å². The van der Waals surface area contributed by atoms with Gasteiger partial charge in [0.15, 0.2) is 0 Å². The van der Waals surface area contributed by atoms with Crippen molar-refractivity contribution < 1.29 is 0 Å². The minimum atomic E-state index is 0.140. The SMILES string of the molecule is C/C=C\C=C(/N)c1cc2c3cc(-c4ccc5c(c4)C(c4ccc(-c6ccccc6)cc4)=C4C=CC=CC4C5c4ccc(-c5ccccc5)cc4)ccc3n(-c3ccccc3)c2cn1. The average molecular weight is 808 g/mol. The molecule has 0 radical (unpaired) electrons. The van der Waals surface area contributed by atoms with E-state index in [-0.39, 0.29) is 11.8 Å². The molecule has 3 nitrogen and oxygen atoms in total. The highest BCUT2D eigenvalue weighted by molar-refractivity contribution is 6.11. The van der Waals surface area contributed by atoms with Crippen LogP contribution >= 0.6 is 0 Å². The van der Waals surface area contributed by atoms with Crippen molar-refractivity contribution in [2.45, 2.75) is 12.8 Å². The number of pyridine rings is 1. The van der Waals surface area contributed by atoms with Crippen molar-refractivity contribution in [3.8, 4) is 39.1 Å². The van der Waals surface area contributed by atoms with Gasteiger partial charge in [0.25, 0.3) is 0 Å². The molecular formula is C60H45N3. The summed E-state index contributed by atoms with van der Waals surface area (Å²) < 4.78 is 2.31. The zero-order valence-electron chi connectivity index (χ0n) is 35.1. The minimum Gasteiger partial charge on any atom is -0.397 e. The predicted molar refractivity (Wildman–Crippen MR) is 264 cm³/mol. The number of rotatable bonds is 8. The summed E-state index contributed by atoms with van der Waals surface area (Å²) in [5, 5.41) is 2.26. The van der Waals surface area contributed by atoms with Gasteiger partial charge in [-0.1, -0.05) is 182 Å². The van der Waals surface area contributed by atoms with Crippen molar-refractivity contribution in [1.82, 2.24) is 9.55 Å². The maximum Gasteiger partial charge on any atom is 0.0866 e. The second-order valence-electron chi connectivity index (χ2n) is 16.4. The van der Waals surface area contributed by atoms with E-state index >= 15 is 0 Å². The molecule has 2 unspecified atom stereocenters. The third kappa shape index (κ3) is 6.85. The van der Waals surface area contributed by atoms with E-state index in [9.17, 15) is 0 Å². The smallest absolute Gasteiger partial charge is 0.0866 e. The summed E-state index contributed by atoms with van der Waals surface area (Å²) in [5.41, 5.74) is 26.2. The molecule has 9 aromatic rings. The molecule has 7 aromatic carbocycles. The Morgan fingerprint density at radius 1 is 0.571 bits per heavy atom. The zero-order valence-corrected chi connectivity index (χ0v) is 35.1. The highest BCUT2D eigenvalue weighted by Crippen LogP contribution is 2.51. The Hall–Kier alpha value is -8.01. The molecule has 3 heteroatoms. The fourth-order valence-corrected chi connectivity index (χ4v) is 9.75. The summed E-state index contributed by atoms with van der Waals surface area (Å²) in [5.74, 6) is 0.318. The molecule has 0 fully saturated rings. The summed E-state index contributed by atoms with van der Waals surface area (Å²) in [6, 6.07) is 66.4. The third-order valence-electron chi connectivity index (χ3n) is 12.8. The molecule has 0 bridgehead atoms. The van der Waals surface area contributed by atoms with Crippen molar-refractivity contribution in [2.24, 2.45) is 11.7 Å². The van der Waals surface area contributed by atoms with E-state index in [1.165, 1.54) is 61.2 Å². The molecule has 0 saturated carbocycles. The standard InChI is InChI=1S/C60H45N3/c1-2-3-23-55(61)56-38-53-52-36-47(33-35-57(52)63(58(53)39-62-56)48-19-11-6-12-20-48)46-32-34-51-54(37-46)60(45-30-26-43(27-31-45)41-17-9-5-10-18-41)50-22-14-13-21-49(50)59(51)44-28-24-42(25-29-44)40-15-7-4-8-16-40/h2-39,49,59H,61H2,1H3/b3-2-,55-23-. The van der Waals surface area contributed by atoms with Gasteiger partial charge in [0.05, 0.1) is 28.6 Å². The van der Waals surface area contributed by atoms with Crippen LogP contribution in [-0.4, -0.2) is 9.55 Å². The Labute approximate surface area is 368 Å². The number of nitrogens with two attached hydrogens (primary N) is 1. The van der Waals surface area contributed by atoms with Crippen LogP contribution in [0, 0.1) is 5.92 Å². The maximum atomic E-state index is 6.58. The van der Waals surface area contributed by atoms with Crippen LogP contribution < -0.4 is 5.73 Å². The lowest BCUT2D eigenvalue weighted by molar-refractivity contribution is 0.649. The lowest BCUT2D eigenvalue weighted by Crippen LogP contribution is -2.23. The first-order valence-corrected chi connectivity index (χ1v) is 21.8. The van der Waals surface area contributed by atoms with Gasteiger partial charge in [0.2, 0.25) is 0 Å². The second-order valence-corrected chi connectivity index (χ2v) is 16.4. The molecule has 0 spiro atoms. The van der Waals surface area contributed by atoms with Crippen LogP contribution in [0.2, 0.25) is 0 Å². The molecule has 0 saturated heterocycles. The van der Waals surface area contributed by atoms with E-state index < -0.39 is 0 Å². The number of nitrogens with zero attached hydrogens (tertiary/aromatic N) is 2. The Kier molecular flexibility index (Phi) is 9.71. The Morgan fingerprint density at radius 3 is 1.86 bits per heavy atom. The van der Waals surface area contributed by atoms with E-state index in [0.717, 1.165) is 38.8 Å². The van der Waals surface area contributed by atoms with Crippen molar-refractivity contribution in [3.63, 3.8) is 0 Å². The molecule has 300 valence electrons. The number of allylic oxidation sites excluding steroid dienone is 8. The minimum absolute atomic E-state index is 0.140. The van der Waals surface area contributed by atoms with Crippen LogP contribution in [-0.2, 0) is 0 Å². The normalized spacial score (nSPS) is 15.9. The second kappa shape index (κ2) is 16.1. The number of para-hydroxylation sites is 1. The van der Waals surface area contributed by atoms with Crippen LogP contribution in [0.25, 0.3) is 72.1 Å². The van der Waals surface area contributed by atoms with Gasteiger partial charge in [-0.2, -0.15) is 0 Å². The highest BCUT2D eigenvalue weighted by Gasteiger charge is 2.36. The van der Waals surface area contributed by atoms with Crippen LogP contribution in [0.1, 0.15) is 40.8 Å². The maximum absolute atomic E-state index is 6.58. The van der Waals surface area contributed by atoms with E-state index in [4.69, 9.17) is 10.7 Å². The lowest BCUT2D eigenvalue weighted by Gasteiger charge is -2.37. The summed E-state index contributed by atoms with van der Waals surface area (Å²) >= 11 is 0. The molecule has 2 atom stereocenters. The summed E-state index contributed by atoms with van der Waals surface area (Å²) in [7, 11) is 0. The first-order valence-electron chi connectivity index (χ1n) is 21.8. The average Bonchev–Trinajstić information content (AvgIpc) is 3.68. The third-order valence-corrected chi connectivity index (χ3v) is 12.8. The largest absolute Gasteiger partial charge is 0.397 e. The van der Waals surface area contributed by atoms with Crippen molar-refractivity contribution in [2.75, 3.05) is 0 Å². The van der Waals surface area contributed by atoms with E-state index in [1.54, 1.807) is 0 Å². The number of benzene rings is 7. The van der Waals surface area contributed by atoms with E-state index in [0.29, 0.717) is 5.70 Å². The summed E-state index contributed by atoms with van der Waals surface area (Å²) in [6.45, 7) is 1.99. The lowest BCUT2D eigenvalue weighted by atomic mass is 9.66. The van der Waals surface area contributed by atoms with Crippen molar-refractivity contribution >= 4 is 33.1 Å². The Bertz CT molecular complexity index is 3310. The van der Waals surface area contributed by atoms with E-state index in [2.05, 4.69) is 211 Å². The summed E-state index contributed by atoms with van der Waals surface area (Å²) in [4.78, 5) is 4.85. The topological polar surface area (TPSA) is 43.8 Å². The molecule has 0 amide bonds. The molecule has 2 N–H and O–H groups in total. The first kappa shape index (κ1) is 38.0. The number of hydrogen-bond donors (Lipinski definition) is 1. The quantitative estimate of drug-likeness (QED) is 0.155. The fourth-order valence-electron chi connectivity index (χ4n) is 9.75. The van der Waals surface area contributed by atoms with Crippen LogP contribution in [0.4, 0.5) is 0 Å². The van der Waals surface area contributed by atoms with Crippen LogP contribution in [0.3, 0.4) is 0 Å². The Morgan fingerprint density at radius 2 is 1.16 bits per heavy atom. The Balaban J connectivity index is 1.10. The molecule has 63 heavy (non-hydrogen) atoms. The van der Waals surface area contributed by atoms with Gasteiger partial charge in [-0.05, 0) is 116 Å². The van der Waals surface area contributed by atoms with Gasteiger partial charge < -0.3 is 10.3 Å². The highest BCUT2D eigenvalue weighted by atomic mass is 15.0. The molecule has 11 rings (SSSR count). The van der Waals surface area contributed by atoms with Crippen LogP contribution in [0.5, 0.6) is 0 Å². The van der Waals surface area contributed by atoms with Gasteiger partial charge in [-0.25, -0.2) is 0 Å². The van der Waals surface area contributed by atoms with E-state index in [1.807, 2.05) is 31.3 Å². The molecule has 2 heterocycles. The van der Waals surface area contributed by atoms with Crippen molar-refractivity contribution in [1.29, 1.82) is 0 Å². The predicted octanol–water partition coefficient (Wildman–Crippen LogP) is 14.7. The molecule has 2 aromatic heterocycles. The van der Waals surface area contributed by atoms with Gasteiger partial charge in [-0.3, -0.25) is 4.98 Å². The monoisotopic (exact) mass is 807 g/mol. The van der Waals surface area contributed by atoms with Gasteiger partial charge in [-0.15, -0.1) is 0 Å². The number of hydrogen-bond acceptors (Lipinski definition) is 2.